The summed E-state index contributed by atoms with van der Waals surface area (Å²) in [5.41, 5.74) is 1.30. The molecule has 1 aromatic rings. The molecular weight excluding hydrogens is 272 g/mol. The maximum Gasteiger partial charge on any atom is 0.245 e. The molecule has 1 atom stereocenters. The highest BCUT2D eigenvalue weighted by molar-refractivity contribution is 7.10. The van der Waals surface area contributed by atoms with E-state index >= 15 is 0 Å². The number of amides is 2. The van der Waals surface area contributed by atoms with Gasteiger partial charge in [-0.1, -0.05) is 20.8 Å². The molecule has 0 aromatic carbocycles. The highest BCUT2D eigenvalue weighted by Gasteiger charge is 2.32. The van der Waals surface area contributed by atoms with Crippen molar-refractivity contribution in [1.29, 1.82) is 0 Å². The Labute approximate surface area is 124 Å². The van der Waals surface area contributed by atoms with Crippen LogP contribution < -0.4 is 5.32 Å². The van der Waals surface area contributed by atoms with Crippen LogP contribution in [0.15, 0.2) is 11.4 Å². The zero-order valence-corrected chi connectivity index (χ0v) is 13.1. The molecule has 1 N–H and O–H groups in total. The van der Waals surface area contributed by atoms with Crippen LogP contribution in [0.3, 0.4) is 0 Å². The quantitative estimate of drug-likeness (QED) is 0.925. The van der Waals surface area contributed by atoms with Crippen molar-refractivity contribution >= 4 is 23.2 Å². The number of carbonyl (C=O) groups is 2. The molecule has 1 aliphatic heterocycles. The Morgan fingerprint density at radius 1 is 1.45 bits per heavy atom. The van der Waals surface area contributed by atoms with Crippen LogP contribution >= 0.6 is 11.3 Å². The van der Waals surface area contributed by atoms with Gasteiger partial charge < -0.3 is 10.2 Å². The van der Waals surface area contributed by atoms with Gasteiger partial charge in [-0.3, -0.25) is 9.59 Å². The van der Waals surface area contributed by atoms with Gasteiger partial charge in [-0.2, -0.15) is 0 Å². The molecule has 2 heterocycles. The first-order valence-electron chi connectivity index (χ1n) is 7.16. The van der Waals surface area contributed by atoms with Crippen LogP contribution in [-0.4, -0.2) is 29.3 Å². The van der Waals surface area contributed by atoms with Crippen molar-refractivity contribution in [2.45, 2.75) is 46.2 Å². The van der Waals surface area contributed by atoms with Gasteiger partial charge in [0.05, 0.1) is 6.54 Å². The SMILES string of the molecule is CCc1ccsc1CN1CCC(=O)NC(C(C)C)C1=O. The van der Waals surface area contributed by atoms with Crippen LogP contribution in [0, 0.1) is 5.92 Å². The number of rotatable bonds is 4. The van der Waals surface area contributed by atoms with Gasteiger partial charge in [0.25, 0.3) is 0 Å². The minimum absolute atomic E-state index is 0.0264. The first kappa shape index (κ1) is 15.0. The Hall–Kier alpha value is -1.36. The molecule has 1 saturated heterocycles. The zero-order valence-electron chi connectivity index (χ0n) is 12.3. The fourth-order valence-electron chi connectivity index (χ4n) is 2.45. The highest BCUT2D eigenvalue weighted by atomic mass is 32.1. The fourth-order valence-corrected chi connectivity index (χ4v) is 3.44. The summed E-state index contributed by atoms with van der Waals surface area (Å²) in [6.45, 7) is 7.19. The van der Waals surface area contributed by atoms with Gasteiger partial charge in [-0.05, 0) is 29.3 Å². The van der Waals surface area contributed by atoms with Crippen molar-refractivity contribution in [2.75, 3.05) is 6.54 Å². The van der Waals surface area contributed by atoms with E-state index < -0.39 is 6.04 Å². The molecule has 1 aromatic heterocycles. The Kier molecular flexibility index (Phi) is 4.81. The van der Waals surface area contributed by atoms with Gasteiger partial charge >= 0.3 is 0 Å². The molecule has 5 heteroatoms. The Morgan fingerprint density at radius 2 is 2.20 bits per heavy atom. The molecule has 0 radical (unpaired) electrons. The summed E-state index contributed by atoms with van der Waals surface area (Å²) in [5.74, 6) is 0.128. The summed E-state index contributed by atoms with van der Waals surface area (Å²) in [6.07, 6.45) is 1.37. The average Bonchev–Trinajstić information content (AvgIpc) is 2.81. The summed E-state index contributed by atoms with van der Waals surface area (Å²) in [5, 5.41) is 4.91. The van der Waals surface area contributed by atoms with Crippen molar-refractivity contribution in [3.05, 3.63) is 21.9 Å². The van der Waals surface area contributed by atoms with Crippen LogP contribution in [0.4, 0.5) is 0 Å². The van der Waals surface area contributed by atoms with Crippen LogP contribution in [-0.2, 0) is 22.6 Å². The van der Waals surface area contributed by atoms with Gasteiger partial charge in [0, 0.05) is 17.8 Å². The number of nitrogens with zero attached hydrogens (tertiary/aromatic N) is 1. The minimum atomic E-state index is -0.393. The zero-order chi connectivity index (χ0) is 14.7. The second kappa shape index (κ2) is 6.39. The second-order valence-corrected chi connectivity index (χ2v) is 6.52. The van der Waals surface area contributed by atoms with Crippen LogP contribution in [0.25, 0.3) is 0 Å². The van der Waals surface area contributed by atoms with Gasteiger partial charge in [-0.25, -0.2) is 0 Å². The summed E-state index contributed by atoms with van der Waals surface area (Å²) >= 11 is 1.69. The molecule has 0 aliphatic carbocycles. The first-order chi connectivity index (χ1) is 9.52. The van der Waals surface area contributed by atoms with Gasteiger partial charge in [0.1, 0.15) is 6.04 Å². The topological polar surface area (TPSA) is 49.4 Å². The molecule has 0 saturated carbocycles. The van der Waals surface area contributed by atoms with E-state index in [-0.39, 0.29) is 17.7 Å². The Morgan fingerprint density at radius 3 is 2.85 bits per heavy atom. The van der Waals surface area contributed by atoms with E-state index in [1.807, 2.05) is 18.7 Å². The van der Waals surface area contributed by atoms with Gasteiger partial charge in [0.15, 0.2) is 0 Å². The molecule has 1 fully saturated rings. The number of thiophene rings is 1. The maximum atomic E-state index is 12.6. The van der Waals surface area contributed by atoms with E-state index in [1.165, 1.54) is 10.4 Å². The second-order valence-electron chi connectivity index (χ2n) is 5.52. The average molecular weight is 294 g/mol. The standard InChI is InChI=1S/C15H22N2O2S/c1-4-11-6-8-20-12(11)9-17-7-5-13(18)16-14(10(2)3)15(17)19/h6,8,10,14H,4-5,7,9H2,1-3H3,(H,16,18). The van der Waals surface area contributed by atoms with E-state index in [1.54, 1.807) is 11.3 Å². The molecule has 2 rings (SSSR count). The van der Waals surface area contributed by atoms with E-state index in [2.05, 4.69) is 23.7 Å². The molecular formula is C15H22N2O2S. The van der Waals surface area contributed by atoms with E-state index in [9.17, 15) is 9.59 Å². The van der Waals surface area contributed by atoms with Gasteiger partial charge in [0.2, 0.25) is 11.8 Å². The lowest BCUT2D eigenvalue weighted by Crippen LogP contribution is -2.47. The summed E-state index contributed by atoms with van der Waals surface area (Å²) in [6, 6.07) is 1.72. The number of carbonyl (C=O) groups excluding carboxylic acids is 2. The molecule has 0 spiro atoms. The molecule has 0 bridgehead atoms. The van der Waals surface area contributed by atoms with Crippen molar-refractivity contribution < 1.29 is 9.59 Å². The van der Waals surface area contributed by atoms with E-state index in [0.717, 1.165) is 6.42 Å². The van der Waals surface area contributed by atoms with Gasteiger partial charge in [-0.15, -0.1) is 11.3 Å². The molecule has 4 nitrogen and oxygen atoms in total. The largest absolute Gasteiger partial charge is 0.344 e. The third kappa shape index (κ3) is 3.20. The summed E-state index contributed by atoms with van der Waals surface area (Å²) in [7, 11) is 0. The lowest BCUT2D eigenvalue weighted by atomic mass is 10.0. The monoisotopic (exact) mass is 294 g/mol. The lowest BCUT2D eigenvalue weighted by Gasteiger charge is -2.26. The van der Waals surface area contributed by atoms with Crippen LogP contribution in [0.5, 0.6) is 0 Å². The molecule has 20 heavy (non-hydrogen) atoms. The number of aryl methyl sites for hydroxylation is 1. The van der Waals surface area contributed by atoms with Crippen molar-refractivity contribution in [3.63, 3.8) is 0 Å². The Bertz CT molecular complexity index is 496. The molecule has 110 valence electrons. The first-order valence-corrected chi connectivity index (χ1v) is 8.04. The van der Waals surface area contributed by atoms with Crippen molar-refractivity contribution in [3.8, 4) is 0 Å². The summed E-state index contributed by atoms with van der Waals surface area (Å²) in [4.78, 5) is 27.4. The van der Waals surface area contributed by atoms with E-state index in [4.69, 9.17) is 0 Å². The molecule has 1 unspecified atom stereocenters. The van der Waals surface area contributed by atoms with Crippen molar-refractivity contribution in [1.82, 2.24) is 10.2 Å². The minimum Gasteiger partial charge on any atom is -0.344 e. The maximum absolute atomic E-state index is 12.6. The number of hydrogen-bond donors (Lipinski definition) is 1. The number of hydrogen-bond acceptors (Lipinski definition) is 3. The fraction of sp³-hybridized carbons (Fsp3) is 0.600. The smallest absolute Gasteiger partial charge is 0.245 e. The predicted octanol–water partition coefficient (Wildman–Crippen LogP) is 2.18. The van der Waals surface area contributed by atoms with Crippen LogP contribution in [0.2, 0.25) is 0 Å². The molecule has 1 aliphatic rings. The third-order valence-corrected chi connectivity index (χ3v) is 4.67. The highest BCUT2D eigenvalue weighted by Crippen LogP contribution is 2.21. The predicted molar refractivity (Wildman–Crippen MR) is 80.5 cm³/mol. The third-order valence-electron chi connectivity index (χ3n) is 3.72. The molecule has 2 amide bonds. The lowest BCUT2D eigenvalue weighted by molar-refractivity contribution is -0.135. The van der Waals surface area contributed by atoms with E-state index in [0.29, 0.717) is 19.5 Å². The summed E-state index contributed by atoms with van der Waals surface area (Å²) < 4.78 is 0. The van der Waals surface area contributed by atoms with Crippen LogP contribution in [0.1, 0.15) is 37.6 Å². The van der Waals surface area contributed by atoms with Crippen molar-refractivity contribution in [2.24, 2.45) is 5.92 Å². The number of nitrogens with one attached hydrogen (secondary N) is 1. The Balaban J connectivity index is 2.17. The normalized spacial score (nSPS) is 20.2.